The molecular formula is C23H26ClN5O7. The molecule has 192 valence electrons. The number of allylic oxidation sites excluding steroid dienone is 1. The molecule has 0 saturated heterocycles. The number of rotatable bonds is 9. The van der Waals surface area contributed by atoms with Crippen molar-refractivity contribution in [2.24, 2.45) is 0 Å². The molecule has 1 aromatic carbocycles. The van der Waals surface area contributed by atoms with Crippen LogP contribution in [0.3, 0.4) is 0 Å². The molecule has 0 spiro atoms. The van der Waals surface area contributed by atoms with Crippen molar-refractivity contribution in [3.05, 3.63) is 63.2 Å². The summed E-state index contributed by atoms with van der Waals surface area (Å²) in [6, 6.07) is 6.83. The number of methoxy groups -OCH3 is 3. The molecule has 2 unspecified atom stereocenters. The molecule has 2 atom stereocenters. The number of esters is 3. The van der Waals surface area contributed by atoms with E-state index in [1.165, 1.54) is 21.3 Å². The molecule has 0 saturated carbocycles. The molecule has 3 rings (SSSR count). The molecule has 0 amide bonds. The van der Waals surface area contributed by atoms with Gasteiger partial charge in [-0.1, -0.05) is 29.8 Å². The van der Waals surface area contributed by atoms with Gasteiger partial charge in [-0.05, 0) is 30.7 Å². The summed E-state index contributed by atoms with van der Waals surface area (Å²) in [5.74, 6) is -2.83. The Morgan fingerprint density at radius 2 is 1.83 bits per heavy atom. The van der Waals surface area contributed by atoms with Crippen LogP contribution in [0.2, 0.25) is 5.02 Å². The number of hydrogen-bond donors (Lipinski definition) is 1. The van der Waals surface area contributed by atoms with E-state index in [4.69, 9.17) is 25.8 Å². The average molecular weight is 520 g/mol. The summed E-state index contributed by atoms with van der Waals surface area (Å²) in [6.45, 7) is 3.12. The van der Waals surface area contributed by atoms with E-state index in [0.29, 0.717) is 16.3 Å². The zero-order valence-electron chi connectivity index (χ0n) is 20.4. The van der Waals surface area contributed by atoms with Gasteiger partial charge in [0.2, 0.25) is 5.82 Å². The first-order valence-electron chi connectivity index (χ1n) is 10.9. The number of tetrazole rings is 1. The standard InChI is InChI=1S/C23H26ClN5O7/c1-6-36-23(32)18-17(13-9-7-8-10-14(13)24)16(22(31)35-5)12(2)25-19(18)20(34-4)21-26-28-29(27-21)11-15(30)33-3/h7-10,17,20,25H,6,11H2,1-5H3. The van der Waals surface area contributed by atoms with Gasteiger partial charge in [-0.25, -0.2) is 14.4 Å². The molecule has 0 aliphatic carbocycles. The third kappa shape index (κ3) is 5.39. The summed E-state index contributed by atoms with van der Waals surface area (Å²) < 4.78 is 20.7. The number of carbonyl (C=O) groups is 3. The van der Waals surface area contributed by atoms with Crippen molar-refractivity contribution < 1.29 is 33.3 Å². The maximum atomic E-state index is 13.4. The fourth-order valence-electron chi connectivity index (χ4n) is 3.86. The molecule has 1 aliphatic heterocycles. The molecule has 0 bridgehead atoms. The van der Waals surface area contributed by atoms with Gasteiger partial charge in [0.15, 0.2) is 12.6 Å². The Morgan fingerprint density at radius 1 is 1.11 bits per heavy atom. The second kappa shape index (κ2) is 11.8. The molecule has 0 radical (unpaired) electrons. The fourth-order valence-corrected chi connectivity index (χ4v) is 4.10. The predicted octanol–water partition coefficient (Wildman–Crippen LogP) is 1.84. The second-order valence-corrected chi connectivity index (χ2v) is 7.93. The van der Waals surface area contributed by atoms with Crippen LogP contribution in [0, 0.1) is 0 Å². The number of ether oxygens (including phenoxy) is 4. The molecule has 1 aliphatic rings. The van der Waals surface area contributed by atoms with Crippen LogP contribution in [0.5, 0.6) is 0 Å². The van der Waals surface area contributed by atoms with Gasteiger partial charge in [-0.2, -0.15) is 4.80 Å². The van der Waals surface area contributed by atoms with Crippen LogP contribution in [0.25, 0.3) is 0 Å². The van der Waals surface area contributed by atoms with E-state index in [2.05, 4.69) is 25.5 Å². The van der Waals surface area contributed by atoms with E-state index in [9.17, 15) is 14.4 Å². The lowest BCUT2D eigenvalue weighted by Crippen LogP contribution is -2.36. The Kier molecular flexibility index (Phi) is 8.78. The van der Waals surface area contributed by atoms with Crippen molar-refractivity contribution in [2.45, 2.75) is 32.4 Å². The Bertz CT molecular complexity index is 1220. The van der Waals surface area contributed by atoms with Gasteiger partial charge < -0.3 is 24.3 Å². The maximum Gasteiger partial charge on any atom is 0.336 e. The highest BCUT2D eigenvalue weighted by atomic mass is 35.5. The van der Waals surface area contributed by atoms with Crippen molar-refractivity contribution >= 4 is 29.5 Å². The zero-order chi connectivity index (χ0) is 26.4. The number of halogens is 1. The maximum absolute atomic E-state index is 13.4. The summed E-state index contributed by atoms with van der Waals surface area (Å²) in [5, 5.41) is 15.5. The van der Waals surface area contributed by atoms with Gasteiger partial charge in [0.1, 0.15) is 0 Å². The van der Waals surface area contributed by atoms with Crippen molar-refractivity contribution in [1.29, 1.82) is 0 Å². The highest BCUT2D eigenvalue weighted by Crippen LogP contribution is 2.44. The van der Waals surface area contributed by atoms with Crippen LogP contribution in [-0.2, 0) is 39.9 Å². The van der Waals surface area contributed by atoms with Gasteiger partial charge in [-0.15, -0.1) is 10.2 Å². The summed E-state index contributed by atoms with van der Waals surface area (Å²) >= 11 is 6.53. The van der Waals surface area contributed by atoms with Crippen molar-refractivity contribution in [1.82, 2.24) is 25.5 Å². The summed E-state index contributed by atoms with van der Waals surface area (Å²) in [5.41, 5.74) is 1.35. The van der Waals surface area contributed by atoms with Crippen LogP contribution in [-0.4, -0.2) is 66.1 Å². The Labute approximate surface area is 212 Å². The van der Waals surface area contributed by atoms with Crippen LogP contribution in [0.15, 0.2) is 46.8 Å². The van der Waals surface area contributed by atoms with Crippen molar-refractivity contribution in [2.75, 3.05) is 27.9 Å². The summed E-state index contributed by atoms with van der Waals surface area (Å²) in [6.07, 6.45) is -1.05. The SMILES string of the molecule is CCOC(=O)C1=C(C(OC)c2nnn(CC(=O)OC)n2)NC(C)=C(C(=O)OC)C1c1ccccc1Cl. The van der Waals surface area contributed by atoms with Crippen molar-refractivity contribution in [3.8, 4) is 0 Å². The lowest BCUT2D eigenvalue weighted by molar-refractivity contribution is -0.142. The molecule has 13 heteroatoms. The van der Waals surface area contributed by atoms with Crippen LogP contribution < -0.4 is 5.32 Å². The third-order valence-corrected chi connectivity index (χ3v) is 5.75. The molecule has 36 heavy (non-hydrogen) atoms. The van der Waals surface area contributed by atoms with Crippen LogP contribution >= 0.6 is 11.6 Å². The molecule has 12 nitrogen and oxygen atoms in total. The second-order valence-electron chi connectivity index (χ2n) is 7.53. The monoisotopic (exact) mass is 519 g/mol. The number of dihydropyridines is 1. The van der Waals surface area contributed by atoms with Gasteiger partial charge >= 0.3 is 17.9 Å². The Hall–Kier alpha value is -3.77. The quantitative estimate of drug-likeness (QED) is 0.382. The minimum Gasteiger partial charge on any atom is -0.468 e. The molecule has 2 heterocycles. The van der Waals surface area contributed by atoms with Gasteiger partial charge in [0.25, 0.3) is 0 Å². The number of hydrogen-bond acceptors (Lipinski definition) is 11. The number of nitrogens with zero attached hydrogens (tertiary/aromatic N) is 4. The molecular weight excluding hydrogens is 494 g/mol. The van der Waals surface area contributed by atoms with Gasteiger partial charge in [-0.3, -0.25) is 0 Å². The Morgan fingerprint density at radius 3 is 2.44 bits per heavy atom. The number of nitrogens with one attached hydrogen (secondary N) is 1. The fraction of sp³-hybridized carbons (Fsp3) is 0.391. The van der Waals surface area contributed by atoms with E-state index >= 15 is 0 Å². The van der Waals surface area contributed by atoms with Crippen molar-refractivity contribution in [3.63, 3.8) is 0 Å². The lowest BCUT2D eigenvalue weighted by Gasteiger charge is -2.33. The summed E-state index contributed by atoms with van der Waals surface area (Å²) in [7, 11) is 3.88. The highest BCUT2D eigenvalue weighted by Gasteiger charge is 2.42. The normalized spacial score (nSPS) is 16.3. The minimum absolute atomic E-state index is 0.0536. The first-order valence-corrected chi connectivity index (χ1v) is 11.2. The zero-order valence-corrected chi connectivity index (χ0v) is 21.2. The molecule has 0 fully saturated rings. The Balaban J connectivity index is 2.25. The smallest absolute Gasteiger partial charge is 0.336 e. The average Bonchev–Trinajstić information content (AvgIpc) is 3.31. The lowest BCUT2D eigenvalue weighted by atomic mass is 9.79. The molecule has 1 N–H and O–H groups in total. The summed E-state index contributed by atoms with van der Waals surface area (Å²) in [4.78, 5) is 38.9. The number of carbonyl (C=O) groups excluding carboxylic acids is 3. The largest absolute Gasteiger partial charge is 0.468 e. The third-order valence-electron chi connectivity index (χ3n) is 5.41. The molecule has 2 aromatic rings. The number of benzene rings is 1. The van der Waals surface area contributed by atoms with E-state index in [-0.39, 0.29) is 35.8 Å². The van der Waals surface area contributed by atoms with Crippen LogP contribution in [0.4, 0.5) is 0 Å². The minimum atomic E-state index is -1.05. The van der Waals surface area contributed by atoms with E-state index in [1.807, 2.05) is 0 Å². The van der Waals surface area contributed by atoms with E-state index < -0.39 is 29.9 Å². The molecule has 1 aromatic heterocycles. The highest BCUT2D eigenvalue weighted by molar-refractivity contribution is 6.31. The van der Waals surface area contributed by atoms with E-state index in [0.717, 1.165) is 4.80 Å². The van der Waals surface area contributed by atoms with Crippen LogP contribution in [0.1, 0.15) is 37.3 Å². The topological polar surface area (TPSA) is 144 Å². The first-order chi connectivity index (χ1) is 17.3. The first kappa shape index (κ1) is 26.8. The predicted molar refractivity (Wildman–Crippen MR) is 125 cm³/mol. The van der Waals surface area contributed by atoms with Gasteiger partial charge in [0, 0.05) is 17.8 Å². The number of aromatic nitrogens is 4. The van der Waals surface area contributed by atoms with E-state index in [1.54, 1.807) is 38.1 Å². The van der Waals surface area contributed by atoms with Gasteiger partial charge in [0.05, 0.1) is 43.6 Å².